The molecule has 11 heteroatoms. The van der Waals surface area contributed by atoms with Gasteiger partial charge >= 0.3 is 35.5 Å². The number of ketones is 1. The number of carboxylic acids is 2. The first-order valence-corrected chi connectivity index (χ1v) is 11.4. The van der Waals surface area contributed by atoms with Gasteiger partial charge in [0.25, 0.3) is 0 Å². The van der Waals surface area contributed by atoms with Crippen LogP contribution in [0.25, 0.3) is 16.6 Å². The Morgan fingerprint density at radius 1 is 0.946 bits per heavy atom. The molecule has 0 fully saturated rings. The Kier molecular flexibility index (Phi) is 9.54. The zero-order chi connectivity index (χ0) is 25.7. The summed E-state index contributed by atoms with van der Waals surface area (Å²) in [6.45, 7) is -0.632. The summed E-state index contributed by atoms with van der Waals surface area (Å²) in [6, 6.07) is 17.6. The molecule has 0 amide bonds. The van der Waals surface area contributed by atoms with E-state index in [9.17, 15) is 19.5 Å². The number of allylic oxidation sites excluding steroid dienone is 1. The smallest absolute Gasteiger partial charge is 0.545 e. The van der Waals surface area contributed by atoms with Crippen LogP contribution in [-0.4, -0.2) is 45.3 Å². The predicted molar refractivity (Wildman–Crippen MR) is 130 cm³/mol. The molecule has 3 aromatic carbocycles. The molecule has 4 rings (SSSR count). The number of rotatable bonds is 10. The Balaban J connectivity index is 0.00000380. The van der Waals surface area contributed by atoms with Crippen LogP contribution in [0.4, 0.5) is 0 Å². The molecule has 0 saturated carbocycles. The molecule has 182 valence electrons. The van der Waals surface area contributed by atoms with Gasteiger partial charge in [-0.3, -0.25) is 4.79 Å². The molecular formula is C26H19N2NaO7S. The zero-order valence-corrected chi connectivity index (χ0v) is 22.8. The van der Waals surface area contributed by atoms with Gasteiger partial charge in [-0.1, -0.05) is 42.5 Å². The van der Waals surface area contributed by atoms with Gasteiger partial charge in [0.15, 0.2) is 12.4 Å². The predicted octanol–water partition coefficient (Wildman–Crippen LogP) is -0.204. The van der Waals surface area contributed by atoms with Gasteiger partial charge in [0.2, 0.25) is 0 Å². The number of aliphatic carboxylic acids is 2. The average molecular weight is 527 g/mol. The summed E-state index contributed by atoms with van der Waals surface area (Å²) in [5, 5.41) is 21.5. The fraction of sp³-hybridized carbons (Fsp3) is 0.115. The van der Waals surface area contributed by atoms with Gasteiger partial charge in [0.05, 0.1) is 24.8 Å². The molecule has 0 aliphatic heterocycles. The summed E-state index contributed by atoms with van der Waals surface area (Å²) in [7, 11) is 1.44. The van der Waals surface area contributed by atoms with Crippen molar-refractivity contribution in [1.82, 2.24) is 8.75 Å². The molecule has 4 aromatic rings. The van der Waals surface area contributed by atoms with Crippen molar-refractivity contribution in [2.75, 3.05) is 13.7 Å². The van der Waals surface area contributed by atoms with Crippen LogP contribution in [0.5, 0.6) is 11.5 Å². The second-order valence-electron chi connectivity index (χ2n) is 7.64. The quantitative estimate of drug-likeness (QED) is 0.169. The van der Waals surface area contributed by atoms with Crippen LogP contribution in [0.2, 0.25) is 0 Å². The number of hydrogen-bond acceptors (Lipinski definition) is 9. The fourth-order valence-corrected chi connectivity index (χ4v) is 4.19. The number of ether oxygens (including phenoxy) is 2. The molecule has 37 heavy (non-hydrogen) atoms. The Morgan fingerprint density at radius 3 is 2.35 bits per heavy atom. The van der Waals surface area contributed by atoms with E-state index in [0.29, 0.717) is 22.3 Å². The van der Waals surface area contributed by atoms with Gasteiger partial charge in [-0.15, -0.1) is 0 Å². The first-order chi connectivity index (χ1) is 17.4. The Bertz CT molecular complexity index is 1480. The van der Waals surface area contributed by atoms with Crippen LogP contribution >= 0.6 is 11.7 Å². The van der Waals surface area contributed by atoms with Gasteiger partial charge < -0.3 is 24.5 Å². The number of benzene rings is 3. The molecule has 0 radical (unpaired) electrons. The average Bonchev–Trinajstić information content (AvgIpc) is 3.35. The molecule has 9 nitrogen and oxygen atoms in total. The number of methoxy groups -OCH3 is 1. The monoisotopic (exact) mass is 526 g/mol. The number of carboxylic acid groups (broad SMARTS) is 2. The van der Waals surface area contributed by atoms with Crippen molar-refractivity contribution in [1.29, 1.82) is 0 Å². The van der Waals surface area contributed by atoms with E-state index in [-0.39, 0.29) is 64.0 Å². The van der Waals surface area contributed by atoms with E-state index < -0.39 is 24.3 Å². The first kappa shape index (κ1) is 28.0. The number of nitrogens with zero attached hydrogens (tertiary/aromatic N) is 2. The third kappa shape index (κ3) is 6.60. The molecule has 0 spiro atoms. The fourth-order valence-electron chi connectivity index (χ4n) is 3.67. The van der Waals surface area contributed by atoms with Crippen molar-refractivity contribution in [2.45, 2.75) is 6.42 Å². The molecule has 0 saturated heterocycles. The number of hydrogen-bond donors (Lipinski definition) is 1. The number of carbonyl (C=O) groups is 3. The third-order valence-corrected chi connectivity index (χ3v) is 5.91. The summed E-state index contributed by atoms with van der Waals surface area (Å²) in [5.74, 6) is -2.71. The van der Waals surface area contributed by atoms with Crippen molar-refractivity contribution in [3.05, 3.63) is 89.0 Å². The van der Waals surface area contributed by atoms with Crippen molar-refractivity contribution in [3.8, 4) is 11.5 Å². The minimum Gasteiger partial charge on any atom is -0.545 e. The van der Waals surface area contributed by atoms with Gasteiger partial charge in [0, 0.05) is 29.2 Å². The first-order valence-electron chi connectivity index (χ1n) is 10.7. The topological polar surface area (TPSA) is 139 Å². The molecule has 0 unspecified atom stereocenters. The Morgan fingerprint density at radius 2 is 1.68 bits per heavy atom. The molecule has 1 N–H and O–H groups in total. The van der Waals surface area contributed by atoms with E-state index in [4.69, 9.17) is 14.6 Å². The van der Waals surface area contributed by atoms with Gasteiger partial charge in [0.1, 0.15) is 22.5 Å². The standard InChI is InChI=1S/C26H20N2O7S.Na/c1-34-18-9-7-16(22(13-18)35-14-23(29)30)11-19(25(31)15-5-3-2-4-6-15)24(26(32)33)17-8-10-20-21(12-17)28-36-27-20;/h2-10,12-13H,11,14H2,1H3,(H,29,30)(H,32,33);/q;+1/p-1. The number of fused-ring (bicyclic) bond motifs is 1. The van der Waals surface area contributed by atoms with E-state index in [0.717, 1.165) is 11.7 Å². The maximum Gasteiger partial charge on any atom is 1.00 e. The van der Waals surface area contributed by atoms with Crippen LogP contribution in [0.15, 0.2) is 72.3 Å². The maximum atomic E-state index is 13.6. The zero-order valence-electron chi connectivity index (χ0n) is 20.0. The molecule has 0 aliphatic rings. The van der Waals surface area contributed by atoms with Crippen LogP contribution in [0, 0.1) is 0 Å². The molecular weight excluding hydrogens is 507 g/mol. The minimum absolute atomic E-state index is 0. The SMILES string of the molecule is COc1ccc(CC(C(=O)c2ccccc2)=C(C(=O)[O-])c2ccc3nsnc3c2)c(OCC(=O)O)c1.[Na+]. The normalized spacial score (nSPS) is 11.3. The number of Topliss-reactive ketones (excluding diaryl/α,β-unsaturated/α-hetero) is 1. The molecule has 0 atom stereocenters. The van der Waals surface area contributed by atoms with Gasteiger partial charge in [-0.05, 0) is 29.3 Å². The third-order valence-electron chi connectivity index (χ3n) is 5.35. The van der Waals surface area contributed by atoms with E-state index in [1.165, 1.54) is 19.2 Å². The molecule has 0 aliphatic carbocycles. The molecule has 0 bridgehead atoms. The van der Waals surface area contributed by atoms with Crippen LogP contribution in [-0.2, 0) is 16.0 Å². The second-order valence-corrected chi connectivity index (χ2v) is 8.17. The summed E-state index contributed by atoms with van der Waals surface area (Å²) in [6.07, 6.45) is -0.177. The van der Waals surface area contributed by atoms with E-state index in [1.54, 1.807) is 54.6 Å². The van der Waals surface area contributed by atoms with E-state index >= 15 is 0 Å². The molecule has 1 heterocycles. The Labute approximate surface area is 238 Å². The summed E-state index contributed by atoms with van der Waals surface area (Å²) >= 11 is 0.987. The largest absolute Gasteiger partial charge is 1.00 e. The van der Waals surface area contributed by atoms with Gasteiger partial charge in [-0.2, -0.15) is 8.75 Å². The van der Waals surface area contributed by atoms with Crippen LogP contribution in [0.3, 0.4) is 0 Å². The van der Waals surface area contributed by atoms with Crippen LogP contribution in [0.1, 0.15) is 21.5 Å². The minimum atomic E-state index is -1.54. The van der Waals surface area contributed by atoms with E-state index in [2.05, 4.69) is 8.75 Å². The second kappa shape index (κ2) is 12.6. The van der Waals surface area contributed by atoms with Crippen molar-refractivity contribution in [3.63, 3.8) is 0 Å². The van der Waals surface area contributed by atoms with Gasteiger partial charge in [-0.25, -0.2) is 4.79 Å². The number of aromatic nitrogens is 2. The summed E-state index contributed by atoms with van der Waals surface area (Å²) < 4.78 is 18.9. The summed E-state index contributed by atoms with van der Waals surface area (Å²) in [5.41, 5.74) is 1.62. The van der Waals surface area contributed by atoms with Crippen molar-refractivity contribution in [2.24, 2.45) is 0 Å². The number of carbonyl (C=O) groups excluding carboxylic acids is 2. The van der Waals surface area contributed by atoms with Crippen molar-refractivity contribution >= 4 is 46.1 Å². The van der Waals surface area contributed by atoms with Crippen LogP contribution < -0.4 is 44.1 Å². The molecule has 1 aromatic heterocycles. The maximum absolute atomic E-state index is 13.6. The van der Waals surface area contributed by atoms with E-state index in [1.807, 2.05) is 0 Å². The Hall–Kier alpha value is -3.57. The summed E-state index contributed by atoms with van der Waals surface area (Å²) in [4.78, 5) is 37.2. The van der Waals surface area contributed by atoms with Crippen molar-refractivity contribution < 1.29 is 63.6 Å².